The number of fused-ring (bicyclic) bond motifs is 1. The Kier molecular flexibility index (Phi) is 4.68. The molecule has 8 heteroatoms. The lowest BCUT2D eigenvalue weighted by Crippen LogP contribution is -2.54. The van der Waals surface area contributed by atoms with Crippen LogP contribution in [0.2, 0.25) is 10.0 Å². The summed E-state index contributed by atoms with van der Waals surface area (Å²) >= 11 is 12.1. The molecule has 0 bridgehead atoms. The average Bonchev–Trinajstić information content (AvgIpc) is 2.91. The van der Waals surface area contributed by atoms with Crippen LogP contribution in [0, 0.1) is 6.92 Å². The van der Waals surface area contributed by atoms with Crippen LogP contribution in [-0.2, 0) is 16.6 Å². The zero-order chi connectivity index (χ0) is 20.9. The second-order valence-corrected chi connectivity index (χ2v) is 7.47. The van der Waals surface area contributed by atoms with Gasteiger partial charge in [0.05, 0.1) is 10.7 Å². The third kappa shape index (κ3) is 3.10. The number of benzene rings is 2. The van der Waals surface area contributed by atoms with E-state index in [1.807, 2.05) is 42.8 Å². The summed E-state index contributed by atoms with van der Waals surface area (Å²) in [6, 6.07) is 11.2. The lowest BCUT2D eigenvalue weighted by molar-refractivity contribution is -0.122. The molecular weight excluding hydrogens is 413 g/mol. The van der Waals surface area contributed by atoms with Crippen LogP contribution < -0.4 is 10.2 Å². The summed E-state index contributed by atoms with van der Waals surface area (Å²) in [5, 5.41) is 3.59. The van der Waals surface area contributed by atoms with E-state index in [0.29, 0.717) is 5.02 Å². The number of aromatic nitrogens is 1. The van der Waals surface area contributed by atoms with Gasteiger partial charge in [-0.2, -0.15) is 0 Å². The van der Waals surface area contributed by atoms with E-state index >= 15 is 0 Å². The summed E-state index contributed by atoms with van der Waals surface area (Å²) in [4.78, 5) is 38.8. The van der Waals surface area contributed by atoms with E-state index in [0.717, 1.165) is 27.1 Å². The van der Waals surface area contributed by atoms with E-state index in [9.17, 15) is 14.4 Å². The van der Waals surface area contributed by atoms with Gasteiger partial charge in [0.25, 0.3) is 11.8 Å². The van der Waals surface area contributed by atoms with Crippen LogP contribution in [0.15, 0.2) is 48.0 Å². The fourth-order valence-corrected chi connectivity index (χ4v) is 3.91. The number of anilines is 1. The molecule has 0 aliphatic carbocycles. The largest absolute Gasteiger partial charge is 0.347 e. The zero-order valence-electron chi connectivity index (χ0n) is 15.5. The van der Waals surface area contributed by atoms with Gasteiger partial charge in [-0.05, 0) is 37.3 Å². The van der Waals surface area contributed by atoms with E-state index in [-0.39, 0.29) is 16.3 Å². The van der Waals surface area contributed by atoms with Crippen molar-refractivity contribution in [2.75, 3.05) is 4.90 Å². The van der Waals surface area contributed by atoms with Crippen molar-refractivity contribution in [3.05, 3.63) is 69.3 Å². The molecule has 146 valence electrons. The van der Waals surface area contributed by atoms with Gasteiger partial charge in [0.1, 0.15) is 5.57 Å². The Balaban J connectivity index is 1.86. The van der Waals surface area contributed by atoms with Gasteiger partial charge in [0, 0.05) is 34.2 Å². The van der Waals surface area contributed by atoms with Crippen molar-refractivity contribution in [3.63, 3.8) is 0 Å². The first-order chi connectivity index (χ1) is 13.8. The first kappa shape index (κ1) is 19.2. The second kappa shape index (κ2) is 7.06. The number of halogens is 2. The molecule has 0 saturated carbocycles. The molecule has 1 aliphatic rings. The van der Waals surface area contributed by atoms with Crippen LogP contribution in [0.1, 0.15) is 11.3 Å². The van der Waals surface area contributed by atoms with E-state index in [1.54, 1.807) is 0 Å². The van der Waals surface area contributed by atoms with E-state index in [4.69, 9.17) is 23.2 Å². The number of barbiturate groups is 1. The fourth-order valence-electron chi connectivity index (χ4n) is 3.42. The maximum atomic E-state index is 13.1. The molecule has 1 N–H and O–H groups in total. The maximum absolute atomic E-state index is 13.1. The van der Waals surface area contributed by atoms with Gasteiger partial charge in [-0.25, -0.2) is 9.69 Å². The molecule has 0 atom stereocenters. The fraction of sp³-hybridized carbons (Fsp3) is 0.0952. The maximum Gasteiger partial charge on any atom is 0.335 e. The minimum absolute atomic E-state index is 0.121. The number of urea groups is 1. The summed E-state index contributed by atoms with van der Waals surface area (Å²) in [5.74, 6) is -1.51. The molecule has 2 heterocycles. The van der Waals surface area contributed by atoms with Crippen LogP contribution in [0.4, 0.5) is 10.5 Å². The van der Waals surface area contributed by atoms with Crippen LogP contribution >= 0.6 is 23.2 Å². The molecule has 1 aliphatic heterocycles. The van der Waals surface area contributed by atoms with Crippen LogP contribution in [0.25, 0.3) is 17.0 Å². The smallest absolute Gasteiger partial charge is 0.335 e. The number of nitrogens with zero attached hydrogens (tertiary/aromatic N) is 2. The molecule has 29 heavy (non-hydrogen) atoms. The Morgan fingerprint density at radius 3 is 2.48 bits per heavy atom. The molecule has 4 amide bonds. The highest BCUT2D eigenvalue weighted by atomic mass is 35.5. The highest BCUT2D eigenvalue weighted by molar-refractivity contribution is 6.43. The molecule has 1 saturated heterocycles. The third-order valence-corrected chi connectivity index (χ3v) is 5.53. The van der Waals surface area contributed by atoms with Gasteiger partial charge in [0.15, 0.2) is 0 Å². The number of nitrogens with one attached hydrogen (secondary N) is 1. The summed E-state index contributed by atoms with van der Waals surface area (Å²) in [5.41, 5.74) is 2.57. The Hall–Kier alpha value is -3.09. The van der Waals surface area contributed by atoms with E-state index in [1.165, 1.54) is 24.3 Å². The average molecular weight is 428 g/mol. The van der Waals surface area contributed by atoms with Crippen molar-refractivity contribution in [2.45, 2.75) is 6.92 Å². The molecule has 6 nitrogen and oxygen atoms in total. The number of rotatable bonds is 2. The Morgan fingerprint density at radius 1 is 1.03 bits per heavy atom. The van der Waals surface area contributed by atoms with Crippen molar-refractivity contribution in [1.29, 1.82) is 0 Å². The summed E-state index contributed by atoms with van der Waals surface area (Å²) in [6.45, 7) is 1.90. The van der Waals surface area contributed by atoms with Crippen LogP contribution in [-0.4, -0.2) is 22.4 Å². The van der Waals surface area contributed by atoms with Crippen molar-refractivity contribution in [2.24, 2.45) is 7.05 Å². The predicted molar refractivity (Wildman–Crippen MR) is 113 cm³/mol. The minimum Gasteiger partial charge on any atom is -0.347 e. The molecule has 2 aromatic carbocycles. The van der Waals surface area contributed by atoms with Gasteiger partial charge in [0.2, 0.25) is 0 Å². The van der Waals surface area contributed by atoms with Crippen LogP contribution in [0.3, 0.4) is 0 Å². The quantitative estimate of drug-likeness (QED) is 0.484. The van der Waals surface area contributed by atoms with E-state index in [2.05, 4.69) is 5.32 Å². The van der Waals surface area contributed by atoms with Gasteiger partial charge in [-0.1, -0.05) is 41.4 Å². The molecular formula is C21H15Cl2N3O3. The number of para-hydroxylation sites is 1. The van der Waals surface area contributed by atoms with Crippen molar-refractivity contribution in [3.8, 4) is 0 Å². The second-order valence-electron chi connectivity index (χ2n) is 6.63. The highest BCUT2D eigenvalue weighted by Gasteiger charge is 2.38. The lowest BCUT2D eigenvalue weighted by atomic mass is 10.0. The van der Waals surface area contributed by atoms with E-state index < -0.39 is 17.8 Å². The molecule has 0 radical (unpaired) electrons. The Bertz CT molecular complexity index is 1240. The highest BCUT2D eigenvalue weighted by Crippen LogP contribution is 2.32. The topological polar surface area (TPSA) is 71.4 Å². The van der Waals surface area contributed by atoms with Crippen molar-refractivity contribution in [1.82, 2.24) is 9.88 Å². The van der Waals surface area contributed by atoms with Gasteiger partial charge in [-0.15, -0.1) is 0 Å². The molecule has 0 unspecified atom stereocenters. The summed E-state index contributed by atoms with van der Waals surface area (Å²) < 4.78 is 1.98. The zero-order valence-corrected chi connectivity index (χ0v) is 17.0. The number of hydrogen-bond acceptors (Lipinski definition) is 3. The third-order valence-electron chi connectivity index (χ3n) is 4.99. The van der Waals surface area contributed by atoms with Gasteiger partial charge < -0.3 is 4.57 Å². The Morgan fingerprint density at radius 2 is 1.76 bits per heavy atom. The van der Waals surface area contributed by atoms with Crippen molar-refractivity contribution < 1.29 is 14.4 Å². The molecule has 1 aromatic heterocycles. The number of imide groups is 2. The summed E-state index contributed by atoms with van der Waals surface area (Å²) in [6.07, 6.45) is 1.51. The lowest BCUT2D eigenvalue weighted by Gasteiger charge is -2.27. The number of carbonyl (C=O) groups excluding carboxylic acids is 3. The minimum atomic E-state index is -0.865. The first-order valence-corrected chi connectivity index (χ1v) is 9.45. The first-order valence-electron chi connectivity index (χ1n) is 8.70. The standard InChI is InChI=1S/C21H15Cl2N3O3/c1-11-14(13-5-3-4-6-17(13)25(11)2)10-15-19(27)24-21(29)26(20(15)28)18-8-7-12(22)9-16(18)23/h3-10H,1-2H3,(H,24,27,29). The molecule has 3 aromatic rings. The molecule has 4 rings (SSSR count). The SMILES string of the molecule is Cc1c(C=C2C(=O)NC(=O)N(c3ccc(Cl)cc3Cl)C2=O)c2ccccc2n1C. The predicted octanol–water partition coefficient (Wildman–Crippen LogP) is 4.46. The van der Waals surface area contributed by atoms with Gasteiger partial charge >= 0.3 is 6.03 Å². The number of carbonyl (C=O) groups is 3. The normalized spacial score (nSPS) is 16.1. The monoisotopic (exact) mass is 427 g/mol. The summed E-state index contributed by atoms with van der Waals surface area (Å²) in [7, 11) is 1.91. The van der Waals surface area contributed by atoms with Crippen LogP contribution in [0.5, 0.6) is 0 Å². The number of aryl methyl sites for hydroxylation is 1. The molecule has 1 fully saturated rings. The van der Waals surface area contributed by atoms with Crippen molar-refractivity contribution >= 4 is 63.7 Å². The number of hydrogen-bond donors (Lipinski definition) is 1. The number of amides is 4. The molecule has 0 spiro atoms. The van der Waals surface area contributed by atoms with Gasteiger partial charge in [-0.3, -0.25) is 14.9 Å². The Labute approximate surface area is 176 Å².